The van der Waals surface area contributed by atoms with Gasteiger partial charge in [-0.15, -0.1) is 0 Å². The highest BCUT2D eigenvalue weighted by Crippen LogP contribution is 2.13. The van der Waals surface area contributed by atoms with Crippen molar-refractivity contribution in [1.29, 1.82) is 0 Å². The van der Waals surface area contributed by atoms with Crippen LogP contribution in [0.1, 0.15) is 19.4 Å². The Morgan fingerprint density at radius 1 is 1.44 bits per heavy atom. The van der Waals surface area contributed by atoms with E-state index in [2.05, 4.69) is 35.1 Å². The molecule has 100 valence electrons. The molecule has 1 unspecified atom stereocenters. The van der Waals surface area contributed by atoms with E-state index in [4.69, 9.17) is 4.74 Å². The van der Waals surface area contributed by atoms with E-state index in [-0.39, 0.29) is 11.9 Å². The van der Waals surface area contributed by atoms with Gasteiger partial charge < -0.3 is 10.1 Å². The molecule has 0 radical (unpaired) electrons. The summed E-state index contributed by atoms with van der Waals surface area (Å²) in [6.07, 6.45) is 0.382. The molecule has 0 saturated carbocycles. The second-order valence-electron chi connectivity index (χ2n) is 4.60. The molecule has 1 atom stereocenters. The summed E-state index contributed by atoms with van der Waals surface area (Å²) in [4.78, 5) is 11.9. The minimum atomic E-state index is 0.0430. The summed E-state index contributed by atoms with van der Waals surface area (Å²) < 4.78 is 5.14. The van der Waals surface area contributed by atoms with Gasteiger partial charge in [-0.2, -0.15) is 0 Å². The average molecular weight is 314 g/mol. The maximum absolute atomic E-state index is 11.9. The predicted octanol–water partition coefficient (Wildman–Crippen LogP) is 2.77. The van der Waals surface area contributed by atoms with Gasteiger partial charge in [0.1, 0.15) is 5.75 Å². The number of ether oxygens (including phenoxy) is 1. The predicted molar refractivity (Wildman–Crippen MR) is 77.3 cm³/mol. The van der Waals surface area contributed by atoms with Crippen molar-refractivity contribution in [1.82, 2.24) is 5.32 Å². The van der Waals surface area contributed by atoms with E-state index in [1.165, 1.54) is 0 Å². The second-order valence-corrected chi connectivity index (χ2v) is 5.25. The van der Waals surface area contributed by atoms with Crippen molar-refractivity contribution < 1.29 is 9.53 Å². The third-order valence-electron chi connectivity index (χ3n) is 2.82. The summed E-state index contributed by atoms with van der Waals surface area (Å²) in [5, 5.41) is 3.80. The molecule has 0 aromatic heterocycles. The van der Waals surface area contributed by atoms with Crippen LogP contribution in [0.2, 0.25) is 0 Å². The van der Waals surface area contributed by atoms with Crippen molar-refractivity contribution >= 4 is 21.8 Å². The van der Waals surface area contributed by atoms with Crippen LogP contribution in [0, 0.1) is 5.92 Å². The van der Waals surface area contributed by atoms with Crippen molar-refractivity contribution in [3.63, 3.8) is 0 Å². The van der Waals surface area contributed by atoms with Crippen LogP contribution in [-0.4, -0.2) is 24.4 Å². The molecule has 1 aromatic carbocycles. The van der Waals surface area contributed by atoms with Crippen LogP contribution >= 0.6 is 15.9 Å². The van der Waals surface area contributed by atoms with Gasteiger partial charge in [0.2, 0.25) is 5.91 Å². The fourth-order valence-electron chi connectivity index (χ4n) is 1.61. The summed E-state index contributed by atoms with van der Waals surface area (Å²) in [7, 11) is 1.62. The molecule has 0 spiro atoms. The Morgan fingerprint density at radius 2 is 2.17 bits per heavy atom. The molecule has 1 rings (SSSR count). The Kier molecular flexibility index (Phi) is 6.19. The molecule has 1 aromatic rings. The lowest BCUT2D eigenvalue weighted by molar-refractivity contribution is -0.121. The second kappa shape index (κ2) is 7.41. The number of rotatable bonds is 6. The minimum Gasteiger partial charge on any atom is -0.497 e. The summed E-state index contributed by atoms with van der Waals surface area (Å²) in [6.45, 7) is 4.19. The van der Waals surface area contributed by atoms with Gasteiger partial charge in [-0.1, -0.05) is 41.9 Å². The summed E-state index contributed by atoms with van der Waals surface area (Å²) >= 11 is 3.42. The Morgan fingerprint density at radius 3 is 2.72 bits per heavy atom. The van der Waals surface area contributed by atoms with E-state index in [0.29, 0.717) is 12.3 Å². The summed E-state index contributed by atoms with van der Waals surface area (Å²) in [5.74, 6) is 1.24. The molecule has 0 fully saturated rings. The van der Waals surface area contributed by atoms with Gasteiger partial charge in [0, 0.05) is 11.4 Å². The van der Waals surface area contributed by atoms with Gasteiger partial charge >= 0.3 is 0 Å². The average Bonchev–Trinajstić information content (AvgIpc) is 2.35. The van der Waals surface area contributed by atoms with E-state index in [1.807, 2.05) is 24.3 Å². The van der Waals surface area contributed by atoms with Crippen LogP contribution in [0.5, 0.6) is 5.75 Å². The lowest BCUT2D eigenvalue weighted by Crippen LogP contribution is -2.40. The van der Waals surface area contributed by atoms with Crippen molar-refractivity contribution in [2.75, 3.05) is 12.4 Å². The first-order valence-electron chi connectivity index (χ1n) is 6.05. The van der Waals surface area contributed by atoms with Gasteiger partial charge in [-0.05, 0) is 23.6 Å². The van der Waals surface area contributed by atoms with E-state index in [9.17, 15) is 4.79 Å². The fraction of sp³-hybridized carbons (Fsp3) is 0.500. The molecule has 1 N–H and O–H groups in total. The van der Waals surface area contributed by atoms with Gasteiger partial charge in [-0.3, -0.25) is 4.79 Å². The highest BCUT2D eigenvalue weighted by atomic mass is 79.9. The van der Waals surface area contributed by atoms with E-state index < -0.39 is 0 Å². The zero-order valence-corrected chi connectivity index (χ0v) is 12.7. The third-order valence-corrected chi connectivity index (χ3v) is 3.51. The number of alkyl halides is 1. The molecular formula is C14H20BrNO2. The molecule has 3 nitrogen and oxygen atoms in total. The molecule has 0 aliphatic heterocycles. The first-order chi connectivity index (χ1) is 8.56. The minimum absolute atomic E-state index is 0.0430. The van der Waals surface area contributed by atoms with Crippen molar-refractivity contribution in [3.8, 4) is 5.75 Å². The molecule has 0 heterocycles. The Bertz CT molecular complexity index is 393. The lowest BCUT2D eigenvalue weighted by Gasteiger charge is -2.19. The maximum atomic E-state index is 11.9. The van der Waals surface area contributed by atoms with Crippen molar-refractivity contribution in [3.05, 3.63) is 29.8 Å². The van der Waals surface area contributed by atoms with Crippen LogP contribution < -0.4 is 10.1 Å². The van der Waals surface area contributed by atoms with E-state index in [1.54, 1.807) is 7.11 Å². The number of nitrogens with one attached hydrogen (secondary N) is 1. The number of amides is 1. The van der Waals surface area contributed by atoms with Gasteiger partial charge in [0.25, 0.3) is 0 Å². The monoisotopic (exact) mass is 313 g/mol. The van der Waals surface area contributed by atoms with Crippen LogP contribution in [0.15, 0.2) is 24.3 Å². The highest BCUT2D eigenvalue weighted by Gasteiger charge is 2.14. The number of benzene rings is 1. The van der Waals surface area contributed by atoms with E-state index in [0.717, 1.165) is 16.6 Å². The standard InChI is InChI=1S/C14H20BrNO2/c1-10(2)13(9-15)16-14(17)8-11-5-4-6-12(7-11)18-3/h4-7,10,13H,8-9H2,1-3H3,(H,16,17). The first kappa shape index (κ1) is 15.0. The number of halogens is 1. The molecular weight excluding hydrogens is 294 g/mol. The third kappa shape index (κ3) is 4.69. The SMILES string of the molecule is COc1cccc(CC(=O)NC(CBr)C(C)C)c1. The fourth-order valence-corrected chi connectivity index (χ4v) is 2.52. The highest BCUT2D eigenvalue weighted by molar-refractivity contribution is 9.09. The lowest BCUT2D eigenvalue weighted by atomic mass is 10.1. The number of methoxy groups -OCH3 is 1. The largest absolute Gasteiger partial charge is 0.497 e. The molecule has 1 amide bonds. The van der Waals surface area contributed by atoms with Gasteiger partial charge in [-0.25, -0.2) is 0 Å². The number of carbonyl (C=O) groups excluding carboxylic acids is 1. The smallest absolute Gasteiger partial charge is 0.224 e. The first-order valence-corrected chi connectivity index (χ1v) is 7.17. The molecule has 18 heavy (non-hydrogen) atoms. The quantitative estimate of drug-likeness (QED) is 0.820. The molecule has 4 heteroatoms. The van der Waals surface area contributed by atoms with Gasteiger partial charge in [0.05, 0.1) is 13.5 Å². The normalized spacial score (nSPS) is 12.3. The van der Waals surface area contributed by atoms with Gasteiger partial charge in [0.15, 0.2) is 0 Å². The zero-order valence-electron chi connectivity index (χ0n) is 11.1. The zero-order chi connectivity index (χ0) is 13.5. The molecule has 0 bridgehead atoms. The number of hydrogen-bond donors (Lipinski definition) is 1. The Labute approximate surface area is 117 Å². The van der Waals surface area contributed by atoms with E-state index >= 15 is 0 Å². The Balaban J connectivity index is 2.58. The Hall–Kier alpha value is -1.03. The molecule has 0 aliphatic rings. The summed E-state index contributed by atoms with van der Waals surface area (Å²) in [5.41, 5.74) is 0.962. The van der Waals surface area contributed by atoms with Crippen LogP contribution in [0.25, 0.3) is 0 Å². The number of hydrogen-bond acceptors (Lipinski definition) is 2. The summed E-state index contributed by atoms with van der Waals surface area (Å²) in [6, 6.07) is 7.75. The molecule has 0 aliphatic carbocycles. The van der Waals surface area contributed by atoms with Crippen LogP contribution in [0.4, 0.5) is 0 Å². The van der Waals surface area contributed by atoms with Crippen molar-refractivity contribution in [2.24, 2.45) is 5.92 Å². The molecule has 0 saturated heterocycles. The number of carbonyl (C=O) groups is 1. The maximum Gasteiger partial charge on any atom is 0.224 e. The van der Waals surface area contributed by atoms with Crippen LogP contribution in [-0.2, 0) is 11.2 Å². The van der Waals surface area contributed by atoms with Crippen LogP contribution in [0.3, 0.4) is 0 Å². The topological polar surface area (TPSA) is 38.3 Å². The van der Waals surface area contributed by atoms with Crippen molar-refractivity contribution in [2.45, 2.75) is 26.3 Å².